The van der Waals surface area contributed by atoms with Crippen LogP contribution in [0.4, 0.5) is 0 Å². The number of halogens is 1. The third-order valence-electron chi connectivity index (χ3n) is 3.08. The van der Waals surface area contributed by atoms with Crippen LogP contribution in [0, 0.1) is 0 Å². The van der Waals surface area contributed by atoms with Crippen LogP contribution in [0.1, 0.15) is 26.2 Å². The predicted octanol–water partition coefficient (Wildman–Crippen LogP) is 4.63. The smallest absolute Gasteiger partial charge is 0.132 e. The van der Waals surface area contributed by atoms with E-state index in [1.165, 1.54) is 0 Å². The second kappa shape index (κ2) is 6.58. The van der Waals surface area contributed by atoms with E-state index in [1.54, 1.807) is 0 Å². The average Bonchev–Trinajstić information content (AvgIpc) is 2.45. The molecule has 0 aliphatic carbocycles. The van der Waals surface area contributed by atoms with Crippen LogP contribution in [0.25, 0.3) is 10.8 Å². The maximum atomic E-state index is 11.2. The van der Waals surface area contributed by atoms with Crippen molar-refractivity contribution in [3.63, 3.8) is 0 Å². The Morgan fingerprint density at radius 1 is 1.16 bits per heavy atom. The molecule has 0 bridgehead atoms. The fourth-order valence-corrected chi connectivity index (χ4v) is 2.22. The first-order valence-electron chi connectivity index (χ1n) is 6.54. The molecule has 0 fully saturated rings. The first kappa shape index (κ1) is 13.9. The van der Waals surface area contributed by atoms with Gasteiger partial charge < -0.3 is 4.74 Å². The summed E-state index contributed by atoms with van der Waals surface area (Å²) >= 11 is 6.15. The molecule has 0 radical (unpaired) electrons. The fourth-order valence-electron chi connectivity index (χ4n) is 1.99. The molecule has 2 aromatic rings. The number of fused-ring (bicyclic) bond motifs is 1. The first-order chi connectivity index (χ1) is 9.22. The molecule has 0 atom stereocenters. The van der Waals surface area contributed by atoms with Crippen molar-refractivity contribution in [2.24, 2.45) is 0 Å². The van der Waals surface area contributed by atoms with Crippen molar-refractivity contribution < 1.29 is 9.53 Å². The number of hydrogen-bond donors (Lipinski definition) is 0. The zero-order valence-corrected chi connectivity index (χ0v) is 11.7. The maximum absolute atomic E-state index is 11.2. The van der Waals surface area contributed by atoms with E-state index in [0.717, 1.165) is 28.0 Å². The van der Waals surface area contributed by atoms with Gasteiger partial charge >= 0.3 is 0 Å². The van der Waals surface area contributed by atoms with Crippen molar-refractivity contribution in [2.75, 3.05) is 6.61 Å². The van der Waals surface area contributed by atoms with Gasteiger partial charge in [0.05, 0.1) is 6.61 Å². The van der Waals surface area contributed by atoms with Crippen LogP contribution in [-0.4, -0.2) is 12.4 Å². The lowest BCUT2D eigenvalue weighted by Crippen LogP contribution is -2.02. The molecule has 0 N–H and O–H groups in total. The standard InChI is InChI=1S/C16H17ClO2/c1-2-12(18)6-5-11-19-16-10-9-15(17)13-7-3-4-8-14(13)16/h3-4,7-10H,2,5-6,11H2,1H3. The van der Waals surface area contributed by atoms with E-state index in [1.807, 2.05) is 43.3 Å². The molecule has 0 aliphatic rings. The summed E-state index contributed by atoms with van der Waals surface area (Å²) in [7, 11) is 0. The molecule has 3 heteroatoms. The van der Waals surface area contributed by atoms with E-state index in [4.69, 9.17) is 16.3 Å². The number of carbonyl (C=O) groups excluding carboxylic acids is 1. The molecule has 0 unspecified atom stereocenters. The Balaban J connectivity index is 2.05. The van der Waals surface area contributed by atoms with Crippen LogP contribution in [-0.2, 0) is 4.79 Å². The quantitative estimate of drug-likeness (QED) is 0.719. The molecular weight excluding hydrogens is 260 g/mol. The van der Waals surface area contributed by atoms with Gasteiger partial charge in [-0.05, 0) is 18.6 Å². The zero-order chi connectivity index (χ0) is 13.7. The number of rotatable bonds is 6. The van der Waals surface area contributed by atoms with E-state index in [2.05, 4.69) is 0 Å². The van der Waals surface area contributed by atoms with Crippen molar-refractivity contribution in [3.05, 3.63) is 41.4 Å². The van der Waals surface area contributed by atoms with Crippen LogP contribution in [0.15, 0.2) is 36.4 Å². The van der Waals surface area contributed by atoms with Gasteiger partial charge in [0.1, 0.15) is 11.5 Å². The summed E-state index contributed by atoms with van der Waals surface area (Å²) in [6.07, 6.45) is 1.94. The van der Waals surface area contributed by atoms with E-state index >= 15 is 0 Å². The lowest BCUT2D eigenvalue weighted by Gasteiger charge is -2.10. The molecule has 100 valence electrons. The normalized spacial score (nSPS) is 10.6. The van der Waals surface area contributed by atoms with Gasteiger partial charge in [0.25, 0.3) is 0 Å². The summed E-state index contributed by atoms with van der Waals surface area (Å²) < 4.78 is 5.76. The Hall–Kier alpha value is -1.54. The van der Waals surface area contributed by atoms with Crippen LogP contribution < -0.4 is 4.74 Å². The summed E-state index contributed by atoms with van der Waals surface area (Å²) in [6.45, 7) is 2.44. The molecule has 0 aliphatic heterocycles. The summed E-state index contributed by atoms with van der Waals surface area (Å²) in [5.41, 5.74) is 0. The summed E-state index contributed by atoms with van der Waals surface area (Å²) in [4.78, 5) is 11.2. The lowest BCUT2D eigenvalue weighted by molar-refractivity contribution is -0.118. The summed E-state index contributed by atoms with van der Waals surface area (Å²) in [5.74, 6) is 1.11. The van der Waals surface area contributed by atoms with E-state index in [9.17, 15) is 4.79 Å². The molecule has 2 aromatic carbocycles. The van der Waals surface area contributed by atoms with Crippen molar-refractivity contribution in [1.29, 1.82) is 0 Å². The minimum atomic E-state index is 0.282. The molecule has 0 heterocycles. The number of ether oxygens (including phenoxy) is 1. The molecule has 0 saturated heterocycles. The Morgan fingerprint density at radius 3 is 2.63 bits per heavy atom. The highest BCUT2D eigenvalue weighted by atomic mass is 35.5. The highest BCUT2D eigenvalue weighted by Crippen LogP contribution is 2.31. The Kier molecular flexibility index (Phi) is 4.80. The number of benzene rings is 2. The highest BCUT2D eigenvalue weighted by Gasteiger charge is 2.05. The van der Waals surface area contributed by atoms with Crippen molar-refractivity contribution in [1.82, 2.24) is 0 Å². The molecule has 2 rings (SSSR count). The molecular formula is C16H17ClO2. The molecule has 2 nitrogen and oxygen atoms in total. The highest BCUT2D eigenvalue weighted by molar-refractivity contribution is 6.35. The second-order valence-corrected chi connectivity index (χ2v) is 4.84. The lowest BCUT2D eigenvalue weighted by atomic mass is 10.1. The predicted molar refractivity (Wildman–Crippen MR) is 79.0 cm³/mol. The number of ketones is 1. The van der Waals surface area contributed by atoms with Crippen molar-refractivity contribution in [2.45, 2.75) is 26.2 Å². The van der Waals surface area contributed by atoms with Gasteiger partial charge in [-0.2, -0.15) is 0 Å². The third-order valence-corrected chi connectivity index (χ3v) is 3.41. The Morgan fingerprint density at radius 2 is 1.89 bits per heavy atom. The van der Waals surface area contributed by atoms with Gasteiger partial charge in [-0.3, -0.25) is 4.79 Å². The summed E-state index contributed by atoms with van der Waals surface area (Å²) in [6, 6.07) is 11.6. The topological polar surface area (TPSA) is 26.3 Å². The SMILES string of the molecule is CCC(=O)CCCOc1ccc(Cl)c2ccccc12. The molecule has 19 heavy (non-hydrogen) atoms. The molecule has 0 spiro atoms. The van der Waals surface area contributed by atoms with E-state index in [-0.39, 0.29) is 5.78 Å². The number of Topliss-reactive ketones (excluding diaryl/α,β-unsaturated/α-hetero) is 1. The summed E-state index contributed by atoms with van der Waals surface area (Å²) in [5, 5.41) is 2.73. The fraction of sp³-hybridized carbons (Fsp3) is 0.312. The van der Waals surface area contributed by atoms with Crippen LogP contribution in [0.5, 0.6) is 5.75 Å². The van der Waals surface area contributed by atoms with Crippen LogP contribution in [0.3, 0.4) is 0 Å². The van der Waals surface area contributed by atoms with Crippen molar-refractivity contribution in [3.8, 4) is 5.75 Å². The first-order valence-corrected chi connectivity index (χ1v) is 6.92. The zero-order valence-electron chi connectivity index (χ0n) is 11.0. The molecule has 0 amide bonds. The average molecular weight is 277 g/mol. The largest absolute Gasteiger partial charge is 0.493 e. The van der Waals surface area contributed by atoms with Gasteiger partial charge in [-0.15, -0.1) is 0 Å². The van der Waals surface area contributed by atoms with Crippen molar-refractivity contribution >= 4 is 28.2 Å². The number of carbonyl (C=O) groups is 1. The Bertz CT molecular complexity index is 578. The van der Waals surface area contributed by atoms with Gasteiger partial charge in [-0.1, -0.05) is 42.8 Å². The Labute approximate surface area is 118 Å². The maximum Gasteiger partial charge on any atom is 0.132 e. The number of hydrogen-bond acceptors (Lipinski definition) is 2. The van der Waals surface area contributed by atoms with E-state index < -0.39 is 0 Å². The monoisotopic (exact) mass is 276 g/mol. The third kappa shape index (κ3) is 3.48. The molecule has 0 saturated carbocycles. The van der Waals surface area contributed by atoms with Gasteiger partial charge in [0.2, 0.25) is 0 Å². The second-order valence-electron chi connectivity index (χ2n) is 4.44. The van der Waals surface area contributed by atoms with Crippen LogP contribution >= 0.6 is 11.6 Å². The van der Waals surface area contributed by atoms with E-state index in [0.29, 0.717) is 19.4 Å². The van der Waals surface area contributed by atoms with Gasteiger partial charge in [-0.25, -0.2) is 0 Å². The minimum absolute atomic E-state index is 0.282. The van der Waals surface area contributed by atoms with Gasteiger partial charge in [0.15, 0.2) is 0 Å². The van der Waals surface area contributed by atoms with Gasteiger partial charge in [0, 0.05) is 28.6 Å². The van der Waals surface area contributed by atoms with Crippen LogP contribution in [0.2, 0.25) is 5.02 Å². The minimum Gasteiger partial charge on any atom is -0.493 e. The molecule has 0 aromatic heterocycles.